The van der Waals surface area contributed by atoms with Crippen molar-refractivity contribution in [2.45, 2.75) is 45.8 Å². The molecule has 0 saturated heterocycles. The number of carbonyl (C=O) groups excluding carboxylic acids is 2. The summed E-state index contributed by atoms with van der Waals surface area (Å²) in [7, 11) is -3.88. The van der Waals surface area contributed by atoms with Crippen LogP contribution in [0.15, 0.2) is 42.5 Å². The van der Waals surface area contributed by atoms with Crippen LogP contribution in [0, 0.1) is 5.82 Å². The van der Waals surface area contributed by atoms with Gasteiger partial charge in [0.05, 0.1) is 11.9 Å². The average molecular weight is 522 g/mol. The van der Waals surface area contributed by atoms with Crippen molar-refractivity contribution in [3.8, 4) is 11.5 Å². The maximum atomic E-state index is 13.6. The third-order valence-electron chi connectivity index (χ3n) is 5.58. The predicted molar refractivity (Wildman–Crippen MR) is 134 cm³/mol. The number of rotatable bonds is 10. The third kappa shape index (κ3) is 6.87. The molecule has 2 aromatic carbocycles. The van der Waals surface area contributed by atoms with Crippen LogP contribution in [0.1, 0.15) is 32.8 Å². The maximum Gasteiger partial charge on any atom is 0.244 e. The first-order valence-corrected chi connectivity index (χ1v) is 13.6. The van der Waals surface area contributed by atoms with E-state index in [1.54, 1.807) is 13.0 Å². The highest BCUT2D eigenvalue weighted by atomic mass is 32.2. The van der Waals surface area contributed by atoms with Crippen LogP contribution in [0.5, 0.6) is 11.5 Å². The maximum absolute atomic E-state index is 13.6. The smallest absolute Gasteiger partial charge is 0.244 e. The number of fused-ring (bicyclic) bond motifs is 1. The van der Waals surface area contributed by atoms with E-state index in [0.717, 1.165) is 10.6 Å². The van der Waals surface area contributed by atoms with E-state index in [1.807, 2.05) is 13.8 Å². The van der Waals surface area contributed by atoms with E-state index in [0.29, 0.717) is 36.7 Å². The van der Waals surface area contributed by atoms with Gasteiger partial charge in [0.2, 0.25) is 21.8 Å². The lowest BCUT2D eigenvalue weighted by Crippen LogP contribution is -2.53. The lowest BCUT2D eigenvalue weighted by molar-refractivity contribution is -0.140. The van der Waals surface area contributed by atoms with Gasteiger partial charge in [0.15, 0.2) is 11.5 Å². The number of benzene rings is 2. The van der Waals surface area contributed by atoms with Gasteiger partial charge in [-0.15, -0.1) is 0 Å². The minimum absolute atomic E-state index is 0.00186. The number of halogens is 1. The van der Waals surface area contributed by atoms with Crippen LogP contribution in [-0.2, 0) is 26.2 Å². The summed E-state index contributed by atoms with van der Waals surface area (Å²) in [6.07, 6.45) is 1.30. The van der Waals surface area contributed by atoms with Gasteiger partial charge in [-0.3, -0.25) is 13.9 Å². The van der Waals surface area contributed by atoms with Crippen molar-refractivity contribution in [3.05, 3.63) is 53.8 Å². The zero-order valence-corrected chi connectivity index (χ0v) is 21.7. The molecular formula is C25H32FN3O6S. The summed E-state index contributed by atoms with van der Waals surface area (Å²) >= 11 is 0. The first kappa shape index (κ1) is 27.3. The number of nitrogens with one attached hydrogen (secondary N) is 1. The van der Waals surface area contributed by atoms with Gasteiger partial charge < -0.3 is 19.7 Å². The molecule has 1 aliphatic heterocycles. The van der Waals surface area contributed by atoms with Gasteiger partial charge in [-0.2, -0.15) is 0 Å². The Morgan fingerprint density at radius 2 is 1.69 bits per heavy atom. The first-order chi connectivity index (χ1) is 17.0. The van der Waals surface area contributed by atoms with Crippen molar-refractivity contribution >= 4 is 27.5 Å². The Kier molecular flexibility index (Phi) is 8.78. The van der Waals surface area contributed by atoms with Gasteiger partial charge >= 0.3 is 0 Å². The van der Waals surface area contributed by atoms with Gasteiger partial charge in [-0.25, -0.2) is 12.8 Å². The number of hydrogen-bond donors (Lipinski definition) is 1. The Balaban J connectivity index is 1.95. The number of carbonyl (C=O) groups is 2. The zero-order chi connectivity index (χ0) is 26.5. The quantitative estimate of drug-likeness (QED) is 0.516. The van der Waals surface area contributed by atoms with E-state index in [4.69, 9.17) is 9.47 Å². The van der Waals surface area contributed by atoms with E-state index in [2.05, 4.69) is 5.32 Å². The second-order valence-corrected chi connectivity index (χ2v) is 10.7. The Labute approximate surface area is 211 Å². The minimum Gasteiger partial charge on any atom is -0.486 e. The molecule has 11 heteroatoms. The monoisotopic (exact) mass is 521 g/mol. The molecule has 0 fully saturated rings. The molecule has 0 bridgehead atoms. The average Bonchev–Trinajstić information content (AvgIpc) is 2.82. The lowest BCUT2D eigenvalue weighted by atomic mass is 10.1. The SMILES string of the molecule is CC[C@@H](C(=O)NC(C)C)N(Cc1ccc(F)cc1)C(=O)CN(c1ccc2c(c1)OCCO2)S(C)(=O)=O. The molecule has 0 saturated carbocycles. The highest BCUT2D eigenvalue weighted by molar-refractivity contribution is 7.92. The predicted octanol–water partition coefficient (Wildman–Crippen LogP) is 2.69. The molecule has 196 valence electrons. The summed E-state index contributed by atoms with van der Waals surface area (Å²) in [4.78, 5) is 27.9. The molecule has 0 unspecified atom stereocenters. The second kappa shape index (κ2) is 11.6. The van der Waals surface area contributed by atoms with E-state index in [9.17, 15) is 22.4 Å². The number of nitrogens with zero attached hydrogens (tertiary/aromatic N) is 2. The normalized spacial score (nSPS) is 13.7. The van der Waals surface area contributed by atoms with Crippen molar-refractivity contribution in [2.24, 2.45) is 0 Å². The van der Waals surface area contributed by atoms with Crippen LogP contribution in [0.3, 0.4) is 0 Å². The van der Waals surface area contributed by atoms with Crippen LogP contribution in [0.4, 0.5) is 10.1 Å². The molecule has 0 radical (unpaired) electrons. The van der Waals surface area contributed by atoms with E-state index in [1.165, 1.54) is 41.3 Å². The van der Waals surface area contributed by atoms with Gasteiger partial charge in [-0.05, 0) is 50.1 Å². The summed E-state index contributed by atoms with van der Waals surface area (Å²) in [5, 5.41) is 2.82. The Bertz CT molecular complexity index is 1190. The number of hydrogen-bond acceptors (Lipinski definition) is 6. The van der Waals surface area contributed by atoms with Crippen LogP contribution in [0.2, 0.25) is 0 Å². The molecule has 1 aliphatic rings. The number of sulfonamides is 1. The summed E-state index contributed by atoms with van der Waals surface area (Å²) in [5.74, 6) is -0.494. The molecule has 2 amide bonds. The van der Waals surface area contributed by atoms with Crippen molar-refractivity contribution in [3.63, 3.8) is 0 Å². The molecule has 36 heavy (non-hydrogen) atoms. The van der Waals surface area contributed by atoms with Gasteiger partial charge in [0.1, 0.15) is 31.6 Å². The standard InChI is InChI=1S/C25H32FN3O6S/c1-5-21(25(31)27-17(2)3)28(15-18-6-8-19(26)9-7-18)24(30)16-29(36(4,32)33)20-10-11-22-23(14-20)35-13-12-34-22/h6-11,14,17,21H,5,12-13,15-16H2,1-4H3,(H,27,31)/t21-/m0/s1. The molecular weight excluding hydrogens is 489 g/mol. The van der Waals surface area contributed by atoms with Crippen molar-refractivity contribution in [1.29, 1.82) is 0 Å². The molecule has 0 aliphatic carbocycles. The van der Waals surface area contributed by atoms with E-state index in [-0.39, 0.29) is 24.2 Å². The first-order valence-electron chi connectivity index (χ1n) is 11.7. The van der Waals surface area contributed by atoms with Crippen LogP contribution in [0.25, 0.3) is 0 Å². The Hall–Kier alpha value is -3.34. The lowest BCUT2D eigenvalue weighted by Gasteiger charge is -2.33. The Morgan fingerprint density at radius 1 is 1.06 bits per heavy atom. The van der Waals surface area contributed by atoms with Gasteiger partial charge in [0.25, 0.3) is 0 Å². The van der Waals surface area contributed by atoms with Gasteiger partial charge in [0, 0.05) is 18.7 Å². The second-order valence-electron chi connectivity index (χ2n) is 8.83. The molecule has 1 N–H and O–H groups in total. The fourth-order valence-electron chi connectivity index (χ4n) is 3.89. The minimum atomic E-state index is -3.88. The molecule has 9 nitrogen and oxygen atoms in total. The summed E-state index contributed by atoms with van der Waals surface area (Å²) in [6, 6.07) is 9.22. The van der Waals surface area contributed by atoms with Crippen LogP contribution < -0.4 is 19.1 Å². The third-order valence-corrected chi connectivity index (χ3v) is 6.72. The van der Waals surface area contributed by atoms with E-state index >= 15 is 0 Å². The fourth-order valence-corrected chi connectivity index (χ4v) is 4.73. The molecule has 3 rings (SSSR count). The van der Waals surface area contributed by atoms with Gasteiger partial charge in [-0.1, -0.05) is 19.1 Å². The molecule has 1 atom stereocenters. The Morgan fingerprint density at radius 3 is 2.28 bits per heavy atom. The van der Waals surface area contributed by atoms with Crippen molar-refractivity contribution < 1.29 is 31.9 Å². The molecule has 2 aromatic rings. The van der Waals surface area contributed by atoms with Crippen LogP contribution in [-0.4, -0.2) is 63.2 Å². The fraction of sp³-hybridized carbons (Fsp3) is 0.440. The number of anilines is 1. The molecule has 0 spiro atoms. The largest absolute Gasteiger partial charge is 0.486 e. The zero-order valence-electron chi connectivity index (χ0n) is 20.9. The summed E-state index contributed by atoms with van der Waals surface area (Å²) in [5.41, 5.74) is 0.835. The highest BCUT2D eigenvalue weighted by Crippen LogP contribution is 2.34. The summed E-state index contributed by atoms with van der Waals surface area (Å²) < 4.78 is 51.0. The number of ether oxygens (including phenoxy) is 2. The molecule has 1 heterocycles. The van der Waals surface area contributed by atoms with Crippen LogP contribution >= 0.6 is 0 Å². The topological polar surface area (TPSA) is 105 Å². The highest BCUT2D eigenvalue weighted by Gasteiger charge is 2.32. The number of amides is 2. The van der Waals surface area contributed by atoms with Crippen molar-refractivity contribution in [2.75, 3.05) is 30.3 Å². The summed E-state index contributed by atoms with van der Waals surface area (Å²) in [6.45, 7) is 5.56. The molecule has 0 aromatic heterocycles. The van der Waals surface area contributed by atoms with Crippen molar-refractivity contribution in [1.82, 2.24) is 10.2 Å². The van der Waals surface area contributed by atoms with E-state index < -0.39 is 34.3 Å².